The van der Waals surface area contributed by atoms with Crippen LogP contribution in [0.3, 0.4) is 0 Å². The monoisotopic (exact) mass is 314 g/mol. The summed E-state index contributed by atoms with van der Waals surface area (Å²) < 4.78 is 39.9. The minimum atomic E-state index is -3.85. The summed E-state index contributed by atoms with van der Waals surface area (Å²) in [5, 5.41) is 0.142. The highest BCUT2D eigenvalue weighted by atomic mass is 35.5. The molecule has 0 atom stereocenters. The summed E-state index contributed by atoms with van der Waals surface area (Å²) in [7, 11) is -3.85. The van der Waals surface area contributed by atoms with E-state index in [4.69, 9.17) is 17.3 Å². The van der Waals surface area contributed by atoms with Crippen LogP contribution in [0.2, 0.25) is 5.02 Å². The van der Waals surface area contributed by atoms with E-state index >= 15 is 0 Å². The second kappa shape index (κ2) is 5.30. The van der Waals surface area contributed by atoms with Crippen molar-refractivity contribution in [3.05, 3.63) is 52.8 Å². The number of hydrogen-bond donors (Lipinski definition) is 2. The molecule has 0 heterocycles. The molecule has 0 spiro atoms. The van der Waals surface area contributed by atoms with E-state index in [1.807, 2.05) is 0 Å². The van der Waals surface area contributed by atoms with Crippen LogP contribution in [0.15, 0.2) is 41.3 Å². The Morgan fingerprint density at radius 1 is 1.20 bits per heavy atom. The summed E-state index contributed by atoms with van der Waals surface area (Å²) in [6, 6.07) is 7.84. The number of hydrogen-bond acceptors (Lipinski definition) is 3. The van der Waals surface area contributed by atoms with Gasteiger partial charge < -0.3 is 5.73 Å². The molecule has 4 nitrogen and oxygen atoms in total. The quantitative estimate of drug-likeness (QED) is 0.855. The van der Waals surface area contributed by atoms with Crippen LogP contribution >= 0.6 is 11.6 Å². The lowest BCUT2D eigenvalue weighted by atomic mass is 10.2. The van der Waals surface area contributed by atoms with Gasteiger partial charge >= 0.3 is 0 Å². The van der Waals surface area contributed by atoms with Gasteiger partial charge in [-0.3, -0.25) is 4.72 Å². The number of aryl methyl sites for hydroxylation is 1. The van der Waals surface area contributed by atoms with E-state index < -0.39 is 15.8 Å². The Morgan fingerprint density at radius 3 is 2.55 bits per heavy atom. The standard InChI is InChI=1S/C13H12ClFN2O2S/c1-8-2-3-9(15)6-13(8)17-20(18,19)10-4-5-12(16)11(14)7-10/h2-7,17H,16H2,1H3. The van der Waals surface area contributed by atoms with Gasteiger partial charge in [-0.2, -0.15) is 0 Å². The average Bonchev–Trinajstić information content (AvgIpc) is 2.36. The van der Waals surface area contributed by atoms with Crippen LogP contribution in [-0.4, -0.2) is 8.42 Å². The lowest BCUT2D eigenvalue weighted by Crippen LogP contribution is -2.14. The van der Waals surface area contributed by atoms with Crippen molar-refractivity contribution >= 4 is 33.0 Å². The Kier molecular flexibility index (Phi) is 3.87. The fourth-order valence-corrected chi connectivity index (χ4v) is 2.98. The minimum Gasteiger partial charge on any atom is -0.398 e. The summed E-state index contributed by atoms with van der Waals surface area (Å²) >= 11 is 5.80. The van der Waals surface area contributed by atoms with E-state index in [0.29, 0.717) is 5.56 Å². The molecule has 2 rings (SSSR count). The molecule has 2 aromatic carbocycles. The fraction of sp³-hybridized carbons (Fsp3) is 0.0769. The van der Waals surface area contributed by atoms with Gasteiger partial charge in [-0.25, -0.2) is 12.8 Å². The molecule has 7 heteroatoms. The van der Waals surface area contributed by atoms with Gasteiger partial charge in [-0.1, -0.05) is 17.7 Å². The smallest absolute Gasteiger partial charge is 0.261 e. The zero-order valence-corrected chi connectivity index (χ0v) is 12.1. The minimum absolute atomic E-state index is 0.0413. The van der Waals surface area contributed by atoms with Gasteiger partial charge in [0, 0.05) is 0 Å². The van der Waals surface area contributed by atoms with Crippen LogP contribution in [0.4, 0.5) is 15.8 Å². The van der Waals surface area contributed by atoms with Crippen LogP contribution in [-0.2, 0) is 10.0 Å². The van der Waals surface area contributed by atoms with Gasteiger partial charge in [0.2, 0.25) is 0 Å². The topological polar surface area (TPSA) is 72.2 Å². The summed E-state index contributed by atoms with van der Waals surface area (Å²) in [4.78, 5) is -0.0413. The molecule has 0 radical (unpaired) electrons. The molecule has 0 saturated heterocycles. The van der Waals surface area contributed by atoms with E-state index in [9.17, 15) is 12.8 Å². The molecule has 106 valence electrons. The van der Waals surface area contributed by atoms with Crippen molar-refractivity contribution in [3.63, 3.8) is 0 Å². The highest BCUT2D eigenvalue weighted by Crippen LogP contribution is 2.25. The predicted octanol–water partition coefficient (Wildman–Crippen LogP) is 3.17. The zero-order chi connectivity index (χ0) is 14.9. The number of nitrogen functional groups attached to an aromatic ring is 1. The Bertz CT molecular complexity index is 763. The second-order valence-corrected chi connectivity index (χ2v) is 6.34. The molecule has 0 saturated carbocycles. The number of rotatable bonds is 3. The number of anilines is 2. The molecule has 3 N–H and O–H groups in total. The van der Waals surface area contributed by atoms with Crippen molar-refractivity contribution < 1.29 is 12.8 Å². The van der Waals surface area contributed by atoms with Crippen LogP contribution in [0.5, 0.6) is 0 Å². The molecule has 0 aliphatic carbocycles. The molecular weight excluding hydrogens is 303 g/mol. The predicted molar refractivity (Wildman–Crippen MR) is 77.8 cm³/mol. The van der Waals surface area contributed by atoms with Crippen molar-refractivity contribution in [3.8, 4) is 0 Å². The van der Waals surface area contributed by atoms with E-state index in [0.717, 1.165) is 6.07 Å². The first-order chi connectivity index (χ1) is 9.29. The van der Waals surface area contributed by atoms with Crippen LogP contribution < -0.4 is 10.5 Å². The molecule has 0 fully saturated rings. The number of halogens is 2. The third-order valence-electron chi connectivity index (χ3n) is 2.73. The molecular formula is C13H12ClFN2O2S. The number of benzene rings is 2. The molecule has 0 amide bonds. The first kappa shape index (κ1) is 14.6. The first-order valence-electron chi connectivity index (χ1n) is 5.63. The molecule has 0 aliphatic rings. The fourth-order valence-electron chi connectivity index (χ4n) is 1.58. The van der Waals surface area contributed by atoms with Gasteiger partial charge in [-0.15, -0.1) is 0 Å². The molecule has 0 aromatic heterocycles. The van der Waals surface area contributed by atoms with E-state index in [2.05, 4.69) is 4.72 Å². The average molecular weight is 315 g/mol. The molecule has 0 aliphatic heterocycles. The number of nitrogens with two attached hydrogens (primary N) is 1. The van der Waals surface area contributed by atoms with Gasteiger partial charge in [0.15, 0.2) is 0 Å². The largest absolute Gasteiger partial charge is 0.398 e. The summed E-state index contributed by atoms with van der Waals surface area (Å²) in [5.74, 6) is -0.524. The van der Waals surface area contributed by atoms with Crippen molar-refractivity contribution in [1.29, 1.82) is 0 Å². The normalized spacial score (nSPS) is 11.3. The van der Waals surface area contributed by atoms with Gasteiger partial charge in [0.25, 0.3) is 10.0 Å². The van der Waals surface area contributed by atoms with Gasteiger partial charge in [0.05, 0.1) is 21.3 Å². The maximum absolute atomic E-state index is 13.2. The van der Waals surface area contributed by atoms with E-state index in [-0.39, 0.29) is 21.3 Å². The van der Waals surface area contributed by atoms with E-state index in [1.54, 1.807) is 6.92 Å². The summed E-state index contributed by atoms with van der Waals surface area (Å²) in [6.07, 6.45) is 0. The molecule has 0 unspecified atom stereocenters. The molecule has 20 heavy (non-hydrogen) atoms. The highest BCUT2D eigenvalue weighted by molar-refractivity contribution is 7.92. The highest BCUT2D eigenvalue weighted by Gasteiger charge is 2.16. The maximum Gasteiger partial charge on any atom is 0.261 e. The van der Waals surface area contributed by atoms with Gasteiger partial charge in [-0.05, 0) is 42.8 Å². The number of nitrogens with one attached hydrogen (secondary N) is 1. The third-order valence-corrected chi connectivity index (χ3v) is 4.42. The van der Waals surface area contributed by atoms with Crippen molar-refractivity contribution in [2.75, 3.05) is 10.5 Å². The Labute approximate surface area is 121 Å². The van der Waals surface area contributed by atoms with Crippen molar-refractivity contribution in [1.82, 2.24) is 0 Å². The van der Waals surface area contributed by atoms with Crippen molar-refractivity contribution in [2.45, 2.75) is 11.8 Å². The number of sulfonamides is 1. The SMILES string of the molecule is Cc1ccc(F)cc1NS(=O)(=O)c1ccc(N)c(Cl)c1. The van der Waals surface area contributed by atoms with Crippen LogP contribution in [0.25, 0.3) is 0 Å². The summed E-state index contributed by atoms with van der Waals surface area (Å²) in [6.45, 7) is 1.67. The first-order valence-corrected chi connectivity index (χ1v) is 7.50. The Balaban J connectivity index is 2.40. The third kappa shape index (κ3) is 3.02. The molecule has 0 bridgehead atoms. The van der Waals surface area contributed by atoms with E-state index in [1.165, 1.54) is 30.3 Å². The lowest BCUT2D eigenvalue weighted by Gasteiger charge is -2.11. The van der Waals surface area contributed by atoms with Crippen LogP contribution in [0.1, 0.15) is 5.56 Å². The van der Waals surface area contributed by atoms with Crippen LogP contribution in [0, 0.1) is 12.7 Å². The Morgan fingerprint density at radius 2 is 1.90 bits per heavy atom. The lowest BCUT2D eigenvalue weighted by molar-refractivity contribution is 0.601. The van der Waals surface area contributed by atoms with Crippen molar-refractivity contribution in [2.24, 2.45) is 0 Å². The van der Waals surface area contributed by atoms with Gasteiger partial charge in [0.1, 0.15) is 5.82 Å². The maximum atomic E-state index is 13.2. The second-order valence-electron chi connectivity index (χ2n) is 4.25. The molecule has 2 aromatic rings. The zero-order valence-electron chi connectivity index (χ0n) is 10.5. The summed E-state index contributed by atoms with van der Waals surface area (Å²) in [5.41, 5.74) is 6.60. The Hall–Kier alpha value is -1.79.